The number of carbonyl (C=O) groups is 1. The molecule has 0 bridgehead atoms. The molecule has 1 aliphatic rings. The van der Waals surface area contributed by atoms with Crippen LogP contribution in [0.2, 0.25) is 0 Å². The fraction of sp³-hybridized carbons (Fsp3) is 0.611. The summed E-state index contributed by atoms with van der Waals surface area (Å²) in [4.78, 5) is 14.9. The first-order valence-corrected chi connectivity index (χ1v) is 9.19. The molecule has 1 atom stereocenters. The Morgan fingerprint density at radius 1 is 1.14 bits per heavy atom. The van der Waals surface area contributed by atoms with E-state index in [9.17, 15) is 4.79 Å². The van der Waals surface area contributed by atoms with E-state index in [0.29, 0.717) is 5.25 Å². The van der Waals surface area contributed by atoms with Crippen LogP contribution >= 0.6 is 11.8 Å². The van der Waals surface area contributed by atoms with Gasteiger partial charge in [0.05, 0.1) is 0 Å². The van der Waals surface area contributed by atoms with Crippen LogP contribution < -0.4 is 0 Å². The maximum Gasteiger partial charge on any atom is 0.240 e. The van der Waals surface area contributed by atoms with E-state index in [1.807, 2.05) is 34.9 Å². The number of likely N-dealkylation sites (N-methyl/N-ethyl adjacent to an activating group) is 1. The molecule has 0 aliphatic heterocycles. The molecule has 0 aromatic heterocycles. The number of thioether (sulfide) groups is 1. The second kappa shape index (κ2) is 8.47. The Labute approximate surface area is 133 Å². The molecule has 0 heterocycles. The van der Waals surface area contributed by atoms with Crippen LogP contribution in [0.15, 0.2) is 30.3 Å². The highest BCUT2D eigenvalue weighted by molar-refractivity contribution is 8.00. The second-order valence-electron chi connectivity index (χ2n) is 5.70. The van der Waals surface area contributed by atoms with E-state index in [4.69, 9.17) is 0 Å². The van der Waals surface area contributed by atoms with Crippen LogP contribution in [0, 0.1) is 0 Å². The Hall–Kier alpha value is -0.960. The summed E-state index contributed by atoms with van der Waals surface area (Å²) in [5.74, 6) is 0.279. The lowest BCUT2D eigenvalue weighted by Gasteiger charge is -2.29. The highest BCUT2D eigenvalue weighted by Crippen LogP contribution is 2.39. The van der Waals surface area contributed by atoms with Crippen LogP contribution in [-0.4, -0.2) is 29.1 Å². The van der Waals surface area contributed by atoms with Gasteiger partial charge in [0, 0.05) is 18.3 Å². The molecule has 1 aromatic rings. The number of hydrogen-bond acceptors (Lipinski definition) is 2. The van der Waals surface area contributed by atoms with Crippen LogP contribution in [0.3, 0.4) is 0 Å². The zero-order valence-corrected chi connectivity index (χ0v) is 14.1. The van der Waals surface area contributed by atoms with E-state index < -0.39 is 0 Å². The molecule has 21 heavy (non-hydrogen) atoms. The SMILES string of the molecule is CCN(CC)C(=O)C(SC1CCCCC1)c1ccccc1. The third kappa shape index (κ3) is 4.50. The largest absolute Gasteiger partial charge is 0.342 e. The van der Waals surface area contributed by atoms with Gasteiger partial charge in [-0.15, -0.1) is 11.8 Å². The van der Waals surface area contributed by atoms with Gasteiger partial charge in [-0.3, -0.25) is 4.79 Å². The minimum Gasteiger partial charge on any atom is -0.342 e. The minimum absolute atomic E-state index is 0.0331. The molecule has 1 aliphatic carbocycles. The molecule has 1 amide bonds. The summed E-state index contributed by atoms with van der Waals surface area (Å²) in [5.41, 5.74) is 1.16. The van der Waals surface area contributed by atoms with Crippen LogP contribution in [-0.2, 0) is 4.79 Å². The summed E-state index contributed by atoms with van der Waals surface area (Å²) in [7, 11) is 0. The molecule has 1 aromatic carbocycles. The molecule has 2 nitrogen and oxygen atoms in total. The Kier molecular flexibility index (Phi) is 6.62. The maximum absolute atomic E-state index is 12.9. The summed E-state index contributed by atoms with van der Waals surface area (Å²) in [5, 5.41) is 0.609. The zero-order chi connectivity index (χ0) is 15.1. The smallest absolute Gasteiger partial charge is 0.240 e. The van der Waals surface area contributed by atoms with Crippen molar-refractivity contribution in [2.75, 3.05) is 13.1 Å². The molecule has 0 N–H and O–H groups in total. The van der Waals surface area contributed by atoms with Crippen LogP contribution in [0.5, 0.6) is 0 Å². The van der Waals surface area contributed by atoms with Crippen LogP contribution in [0.1, 0.15) is 56.8 Å². The van der Waals surface area contributed by atoms with E-state index in [1.54, 1.807) is 0 Å². The van der Waals surface area contributed by atoms with Crippen molar-refractivity contribution >= 4 is 17.7 Å². The van der Waals surface area contributed by atoms with Crippen molar-refractivity contribution in [3.8, 4) is 0 Å². The number of amides is 1. The van der Waals surface area contributed by atoms with Gasteiger partial charge in [0.1, 0.15) is 5.25 Å². The fourth-order valence-electron chi connectivity index (χ4n) is 3.00. The Morgan fingerprint density at radius 2 is 1.76 bits per heavy atom. The molecule has 0 saturated heterocycles. The number of carbonyl (C=O) groups excluding carboxylic acids is 1. The van der Waals surface area contributed by atoms with Crippen molar-refractivity contribution in [3.05, 3.63) is 35.9 Å². The first-order valence-electron chi connectivity index (χ1n) is 8.25. The van der Waals surface area contributed by atoms with Crippen molar-refractivity contribution in [2.24, 2.45) is 0 Å². The quantitative estimate of drug-likeness (QED) is 0.761. The highest BCUT2D eigenvalue weighted by Gasteiger charge is 2.28. The molecule has 0 spiro atoms. The van der Waals surface area contributed by atoms with Gasteiger partial charge in [-0.1, -0.05) is 49.6 Å². The topological polar surface area (TPSA) is 20.3 Å². The minimum atomic E-state index is -0.0331. The molecule has 116 valence electrons. The number of benzene rings is 1. The predicted octanol–water partition coefficient (Wildman–Crippen LogP) is 4.66. The lowest BCUT2D eigenvalue weighted by Crippen LogP contribution is -2.34. The first-order chi connectivity index (χ1) is 10.3. The molecule has 1 fully saturated rings. The molecule has 1 saturated carbocycles. The third-order valence-electron chi connectivity index (χ3n) is 4.28. The molecular formula is C18H27NOS. The van der Waals surface area contributed by atoms with Crippen molar-refractivity contribution in [1.29, 1.82) is 0 Å². The van der Waals surface area contributed by atoms with Crippen LogP contribution in [0.4, 0.5) is 0 Å². The van der Waals surface area contributed by atoms with Gasteiger partial charge in [0.25, 0.3) is 0 Å². The summed E-state index contributed by atoms with van der Waals surface area (Å²) in [6, 6.07) is 10.3. The summed E-state index contributed by atoms with van der Waals surface area (Å²) in [6.45, 7) is 5.72. The molecule has 0 radical (unpaired) electrons. The standard InChI is InChI=1S/C18H27NOS/c1-3-19(4-2)18(20)17(15-11-7-5-8-12-15)21-16-13-9-6-10-14-16/h5,7-8,11-12,16-17H,3-4,6,9-10,13-14H2,1-2H3. The van der Waals surface area contributed by atoms with E-state index in [-0.39, 0.29) is 11.2 Å². The van der Waals surface area contributed by atoms with Gasteiger partial charge in [0.15, 0.2) is 0 Å². The van der Waals surface area contributed by atoms with Crippen molar-refractivity contribution in [3.63, 3.8) is 0 Å². The predicted molar refractivity (Wildman–Crippen MR) is 91.6 cm³/mol. The van der Waals surface area contributed by atoms with Crippen molar-refractivity contribution < 1.29 is 4.79 Å². The average Bonchev–Trinajstić information content (AvgIpc) is 2.55. The second-order valence-corrected chi connectivity index (χ2v) is 7.11. The van der Waals surface area contributed by atoms with E-state index in [0.717, 1.165) is 18.7 Å². The summed E-state index contributed by atoms with van der Waals surface area (Å²) in [6.07, 6.45) is 6.52. The number of rotatable bonds is 6. The summed E-state index contributed by atoms with van der Waals surface area (Å²) >= 11 is 1.89. The van der Waals surface area contributed by atoms with E-state index in [1.165, 1.54) is 32.1 Å². The van der Waals surface area contributed by atoms with E-state index in [2.05, 4.69) is 26.0 Å². The van der Waals surface area contributed by atoms with Gasteiger partial charge >= 0.3 is 0 Å². The Bertz CT molecular complexity index is 424. The Balaban J connectivity index is 2.15. The number of hydrogen-bond donors (Lipinski definition) is 0. The van der Waals surface area contributed by atoms with Gasteiger partial charge in [-0.2, -0.15) is 0 Å². The fourth-order valence-corrected chi connectivity index (χ4v) is 4.57. The lowest BCUT2D eigenvalue weighted by molar-refractivity contribution is -0.130. The van der Waals surface area contributed by atoms with Crippen molar-refractivity contribution in [2.45, 2.75) is 56.5 Å². The van der Waals surface area contributed by atoms with Gasteiger partial charge in [0.2, 0.25) is 5.91 Å². The third-order valence-corrected chi connectivity index (χ3v) is 5.88. The molecule has 3 heteroatoms. The summed E-state index contributed by atoms with van der Waals surface area (Å²) < 4.78 is 0. The normalized spacial score (nSPS) is 17.4. The van der Waals surface area contributed by atoms with Gasteiger partial charge in [-0.25, -0.2) is 0 Å². The van der Waals surface area contributed by atoms with Crippen molar-refractivity contribution in [1.82, 2.24) is 4.90 Å². The average molecular weight is 305 g/mol. The molecule has 1 unspecified atom stereocenters. The van der Waals surface area contributed by atoms with Crippen LogP contribution in [0.25, 0.3) is 0 Å². The maximum atomic E-state index is 12.9. The Morgan fingerprint density at radius 3 is 2.33 bits per heavy atom. The lowest BCUT2D eigenvalue weighted by atomic mass is 10.0. The monoisotopic (exact) mass is 305 g/mol. The highest BCUT2D eigenvalue weighted by atomic mass is 32.2. The first kappa shape index (κ1) is 16.4. The van der Waals surface area contributed by atoms with E-state index >= 15 is 0 Å². The molecule has 2 rings (SSSR count). The number of nitrogens with zero attached hydrogens (tertiary/aromatic N) is 1. The van der Waals surface area contributed by atoms with Gasteiger partial charge in [-0.05, 0) is 32.3 Å². The zero-order valence-electron chi connectivity index (χ0n) is 13.3. The van der Waals surface area contributed by atoms with Gasteiger partial charge < -0.3 is 4.90 Å². The molecular weight excluding hydrogens is 278 g/mol.